The molecule has 0 aliphatic carbocycles. The fraction of sp³-hybridized carbons (Fsp3) is 0.176. The maximum atomic E-state index is 4.85. The van der Waals surface area contributed by atoms with E-state index >= 15 is 0 Å². The van der Waals surface area contributed by atoms with Crippen molar-refractivity contribution in [3.63, 3.8) is 0 Å². The predicted octanol–water partition coefficient (Wildman–Crippen LogP) is 7.90. The highest BCUT2D eigenvalue weighted by Crippen LogP contribution is 2.40. The van der Waals surface area contributed by atoms with Gasteiger partial charge in [-0.05, 0) is 66.8 Å². The Morgan fingerprint density at radius 1 is 0.622 bits per heavy atom. The molecule has 3 nitrogen and oxygen atoms in total. The normalized spacial score (nSPS) is 15.4. The van der Waals surface area contributed by atoms with Crippen LogP contribution < -0.4 is 5.32 Å². The Bertz CT molecular complexity index is 1270. The summed E-state index contributed by atoms with van der Waals surface area (Å²) in [5, 5.41) is 3.35. The van der Waals surface area contributed by atoms with Gasteiger partial charge in [0.1, 0.15) is 0 Å². The molecule has 1 aliphatic rings. The van der Waals surface area contributed by atoms with E-state index in [-0.39, 0.29) is 17.8 Å². The van der Waals surface area contributed by atoms with Gasteiger partial charge in [-0.25, -0.2) is 0 Å². The third-order valence-electron chi connectivity index (χ3n) is 7.06. The molecule has 0 bridgehead atoms. The van der Waals surface area contributed by atoms with Crippen LogP contribution in [-0.4, -0.2) is 9.97 Å². The van der Waals surface area contributed by atoms with E-state index in [0.717, 1.165) is 36.3 Å². The van der Waals surface area contributed by atoms with E-state index in [2.05, 4.69) is 108 Å². The monoisotopic (exact) mass is 483 g/mol. The molecule has 0 saturated carbocycles. The number of allylic oxidation sites excluding steroid dienone is 4. The van der Waals surface area contributed by atoms with Crippen molar-refractivity contribution in [1.29, 1.82) is 0 Å². The predicted molar refractivity (Wildman–Crippen MR) is 152 cm³/mol. The van der Waals surface area contributed by atoms with Crippen LogP contribution in [0.4, 0.5) is 0 Å². The topological polar surface area (TPSA) is 37.8 Å². The number of dihydropyridines is 1. The first-order valence-electron chi connectivity index (χ1n) is 13.1. The Hall–Kier alpha value is -4.24. The summed E-state index contributed by atoms with van der Waals surface area (Å²) in [6, 6.07) is 34.3. The maximum absolute atomic E-state index is 4.85. The van der Waals surface area contributed by atoms with Crippen molar-refractivity contribution < 1.29 is 0 Å². The average Bonchev–Trinajstić information content (AvgIpc) is 2.99. The Labute approximate surface area is 220 Å². The molecule has 3 heteroatoms. The van der Waals surface area contributed by atoms with E-state index in [1.165, 1.54) is 11.1 Å². The molecule has 0 amide bonds. The molecule has 5 rings (SSSR count). The summed E-state index contributed by atoms with van der Waals surface area (Å²) in [5.41, 5.74) is 6.09. The summed E-state index contributed by atoms with van der Waals surface area (Å²) in [6.45, 7) is 0. The lowest BCUT2D eigenvalue weighted by Gasteiger charge is -2.27. The Morgan fingerprint density at radius 3 is 1.76 bits per heavy atom. The molecule has 0 spiro atoms. The van der Waals surface area contributed by atoms with Gasteiger partial charge >= 0.3 is 0 Å². The average molecular weight is 484 g/mol. The van der Waals surface area contributed by atoms with Crippen LogP contribution in [0.25, 0.3) is 0 Å². The molecule has 0 radical (unpaired) electrons. The zero-order valence-electron chi connectivity index (χ0n) is 21.0. The van der Waals surface area contributed by atoms with E-state index in [0.29, 0.717) is 0 Å². The molecule has 2 unspecified atom stereocenters. The summed E-state index contributed by atoms with van der Waals surface area (Å²) >= 11 is 0. The van der Waals surface area contributed by atoms with Crippen LogP contribution in [0.2, 0.25) is 0 Å². The SMILES string of the molecule is C1=CNC(=CCC(CC(CC(c2ccccc2)c2ccccc2)c2ccccn2)c2ccccn2)C=C1. The zero-order chi connectivity index (χ0) is 25.1. The number of hydrogen-bond acceptors (Lipinski definition) is 3. The second-order valence-electron chi connectivity index (χ2n) is 9.51. The van der Waals surface area contributed by atoms with E-state index in [9.17, 15) is 0 Å². The zero-order valence-corrected chi connectivity index (χ0v) is 21.0. The molecule has 2 aromatic heterocycles. The third-order valence-corrected chi connectivity index (χ3v) is 7.06. The standard InChI is InChI=1S/C34H33N3/c1-3-13-27(14-4-1)32(28-15-5-2-6-16-28)26-30(34-19-9-12-24-37-34)25-29(33-18-8-11-23-36-33)20-21-31-17-7-10-22-35-31/h1-19,21-24,29-30,32,35H,20,25-26H2. The second-order valence-corrected chi connectivity index (χ2v) is 9.51. The van der Waals surface area contributed by atoms with Gasteiger partial charge < -0.3 is 5.32 Å². The minimum atomic E-state index is 0.270. The fourth-order valence-corrected chi connectivity index (χ4v) is 5.18. The van der Waals surface area contributed by atoms with Crippen molar-refractivity contribution in [3.05, 3.63) is 168 Å². The molecular formula is C34H33N3. The van der Waals surface area contributed by atoms with Crippen molar-refractivity contribution in [1.82, 2.24) is 15.3 Å². The van der Waals surface area contributed by atoms with Crippen molar-refractivity contribution >= 4 is 0 Å². The Balaban J connectivity index is 1.49. The first kappa shape index (κ1) is 24.5. The quantitative estimate of drug-likeness (QED) is 0.249. The number of pyridine rings is 2. The van der Waals surface area contributed by atoms with Gasteiger partial charge in [-0.2, -0.15) is 0 Å². The largest absolute Gasteiger partial charge is 0.362 e. The lowest BCUT2D eigenvalue weighted by atomic mass is 9.78. The second kappa shape index (κ2) is 12.6. The summed E-state index contributed by atoms with van der Waals surface area (Å²) < 4.78 is 0. The minimum absolute atomic E-state index is 0.270. The lowest BCUT2D eigenvalue weighted by molar-refractivity contribution is 0.471. The molecule has 1 N–H and O–H groups in total. The lowest BCUT2D eigenvalue weighted by Crippen LogP contribution is -2.14. The van der Waals surface area contributed by atoms with Gasteiger partial charge in [-0.3, -0.25) is 9.97 Å². The van der Waals surface area contributed by atoms with Gasteiger partial charge in [-0.15, -0.1) is 0 Å². The third kappa shape index (κ3) is 6.71. The summed E-state index contributed by atoms with van der Waals surface area (Å²) in [7, 11) is 0. The Kier molecular flexibility index (Phi) is 8.35. The minimum Gasteiger partial charge on any atom is -0.362 e. The molecular weight excluding hydrogens is 450 g/mol. The van der Waals surface area contributed by atoms with Crippen LogP contribution in [-0.2, 0) is 0 Å². The summed E-state index contributed by atoms with van der Waals surface area (Å²) in [5.74, 6) is 0.825. The number of rotatable bonds is 10. The molecule has 184 valence electrons. The highest BCUT2D eigenvalue weighted by Gasteiger charge is 2.26. The summed E-state index contributed by atoms with van der Waals surface area (Å²) in [4.78, 5) is 9.63. The van der Waals surface area contributed by atoms with Crippen LogP contribution in [0.1, 0.15) is 59.5 Å². The highest BCUT2D eigenvalue weighted by atomic mass is 14.8. The molecule has 1 aliphatic heterocycles. The number of nitrogens with one attached hydrogen (secondary N) is 1. The van der Waals surface area contributed by atoms with Crippen LogP contribution in [0, 0.1) is 0 Å². The van der Waals surface area contributed by atoms with Gasteiger partial charge in [0.15, 0.2) is 0 Å². The van der Waals surface area contributed by atoms with E-state index in [4.69, 9.17) is 9.97 Å². The van der Waals surface area contributed by atoms with Crippen LogP contribution >= 0.6 is 0 Å². The first-order chi connectivity index (χ1) is 18.4. The molecule has 2 atom stereocenters. The molecule has 0 fully saturated rings. The van der Waals surface area contributed by atoms with E-state index < -0.39 is 0 Å². The van der Waals surface area contributed by atoms with Gasteiger partial charge in [0.05, 0.1) is 0 Å². The number of nitrogens with zero attached hydrogens (tertiary/aromatic N) is 2. The van der Waals surface area contributed by atoms with Crippen molar-refractivity contribution in [3.8, 4) is 0 Å². The van der Waals surface area contributed by atoms with Gasteiger partial charge in [0, 0.05) is 53.4 Å². The molecule has 0 saturated heterocycles. The van der Waals surface area contributed by atoms with Crippen LogP contribution in [0.5, 0.6) is 0 Å². The number of hydrogen-bond donors (Lipinski definition) is 1. The molecule has 4 aromatic rings. The number of benzene rings is 2. The van der Waals surface area contributed by atoms with Crippen molar-refractivity contribution in [2.75, 3.05) is 0 Å². The first-order valence-corrected chi connectivity index (χ1v) is 13.1. The van der Waals surface area contributed by atoms with Crippen molar-refractivity contribution in [2.45, 2.75) is 37.0 Å². The van der Waals surface area contributed by atoms with Gasteiger partial charge in [0.25, 0.3) is 0 Å². The smallest absolute Gasteiger partial charge is 0.0437 e. The molecule has 2 aromatic carbocycles. The highest BCUT2D eigenvalue weighted by molar-refractivity contribution is 5.34. The Morgan fingerprint density at radius 2 is 1.22 bits per heavy atom. The van der Waals surface area contributed by atoms with Gasteiger partial charge in [0.2, 0.25) is 0 Å². The van der Waals surface area contributed by atoms with E-state index in [1.807, 2.05) is 36.8 Å². The summed E-state index contributed by atoms with van der Waals surface area (Å²) in [6.07, 6.45) is 17.1. The van der Waals surface area contributed by atoms with E-state index in [1.54, 1.807) is 0 Å². The molecule has 3 heterocycles. The van der Waals surface area contributed by atoms with Crippen LogP contribution in [0.15, 0.2) is 146 Å². The van der Waals surface area contributed by atoms with Gasteiger partial charge in [-0.1, -0.05) is 84.9 Å². The maximum Gasteiger partial charge on any atom is 0.0437 e. The van der Waals surface area contributed by atoms with Crippen molar-refractivity contribution in [2.24, 2.45) is 0 Å². The number of aromatic nitrogens is 2. The van der Waals surface area contributed by atoms with Crippen LogP contribution in [0.3, 0.4) is 0 Å². The molecule has 37 heavy (non-hydrogen) atoms. The fourth-order valence-electron chi connectivity index (χ4n) is 5.18.